The van der Waals surface area contributed by atoms with Crippen LogP contribution in [0.3, 0.4) is 0 Å². The predicted octanol–water partition coefficient (Wildman–Crippen LogP) is 3.19. The van der Waals surface area contributed by atoms with Crippen molar-refractivity contribution >= 4 is 18.3 Å². The van der Waals surface area contributed by atoms with Crippen LogP contribution in [0.15, 0.2) is 34.7 Å². The Bertz CT molecular complexity index is 670. The zero-order valence-corrected chi connectivity index (χ0v) is 15.4. The Labute approximate surface area is 149 Å². The van der Waals surface area contributed by atoms with E-state index in [1.54, 1.807) is 24.1 Å². The van der Waals surface area contributed by atoms with E-state index in [0.717, 1.165) is 17.9 Å². The number of furan rings is 1. The Morgan fingerprint density at radius 1 is 1.25 bits per heavy atom. The van der Waals surface area contributed by atoms with Gasteiger partial charge < -0.3 is 19.4 Å². The molecule has 0 saturated heterocycles. The van der Waals surface area contributed by atoms with E-state index in [1.165, 1.54) is 5.56 Å². The summed E-state index contributed by atoms with van der Waals surface area (Å²) >= 11 is 0. The number of benzene rings is 1. The zero-order chi connectivity index (χ0) is 16.8. The van der Waals surface area contributed by atoms with Crippen molar-refractivity contribution in [3.8, 4) is 5.75 Å². The third-order valence-corrected chi connectivity index (χ3v) is 3.62. The molecule has 24 heavy (non-hydrogen) atoms. The van der Waals surface area contributed by atoms with E-state index >= 15 is 0 Å². The highest BCUT2D eigenvalue weighted by atomic mass is 35.5. The second-order valence-corrected chi connectivity index (χ2v) is 5.65. The molecule has 132 valence electrons. The molecule has 1 N–H and O–H groups in total. The van der Waals surface area contributed by atoms with E-state index < -0.39 is 0 Å². The second kappa shape index (κ2) is 9.35. The van der Waals surface area contributed by atoms with E-state index in [1.807, 2.05) is 33.0 Å². The number of amides is 1. The summed E-state index contributed by atoms with van der Waals surface area (Å²) in [5.41, 5.74) is 2.28. The van der Waals surface area contributed by atoms with E-state index in [0.29, 0.717) is 24.7 Å². The summed E-state index contributed by atoms with van der Waals surface area (Å²) in [6.07, 6.45) is 0. The molecule has 0 saturated carbocycles. The number of nitrogens with zero attached hydrogens (tertiary/aromatic N) is 1. The number of nitrogens with one attached hydrogen (secondary N) is 1. The maximum absolute atomic E-state index is 12.2. The van der Waals surface area contributed by atoms with Crippen molar-refractivity contribution in [2.75, 3.05) is 27.2 Å². The zero-order valence-electron chi connectivity index (χ0n) is 14.6. The Morgan fingerprint density at radius 2 is 2.00 bits per heavy atom. The number of carbonyl (C=O) groups excluding carboxylic acids is 1. The van der Waals surface area contributed by atoms with Crippen LogP contribution in [0.2, 0.25) is 0 Å². The molecule has 5 nitrogen and oxygen atoms in total. The van der Waals surface area contributed by atoms with Gasteiger partial charge in [-0.3, -0.25) is 4.79 Å². The molecular formula is C18H25ClN2O3. The lowest BCUT2D eigenvalue weighted by Gasteiger charge is -2.15. The van der Waals surface area contributed by atoms with Crippen LogP contribution in [0.1, 0.15) is 27.4 Å². The standard InChI is InChI=1S/C18H24N2O3.ClH/c1-13-5-7-16(14(2)11-13)22-12-15-6-8-17(23-15)18(21)20(4)10-9-19-3;/h5-8,11,19H,9-10,12H2,1-4H3;1H. The first-order valence-electron chi connectivity index (χ1n) is 7.70. The number of hydrogen-bond acceptors (Lipinski definition) is 4. The predicted molar refractivity (Wildman–Crippen MR) is 97.1 cm³/mol. The first kappa shape index (κ1) is 20.1. The summed E-state index contributed by atoms with van der Waals surface area (Å²) in [5.74, 6) is 1.67. The summed E-state index contributed by atoms with van der Waals surface area (Å²) in [7, 11) is 3.61. The van der Waals surface area contributed by atoms with Gasteiger partial charge in [0.2, 0.25) is 0 Å². The highest BCUT2D eigenvalue weighted by Crippen LogP contribution is 2.20. The Hall–Kier alpha value is -1.98. The minimum absolute atomic E-state index is 0. The van der Waals surface area contributed by atoms with Gasteiger partial charge in [-0.15, -0.1) is 12.4 Å². The third-order valence-electron chi connectivity index (χ3n) is 3.62. The Balaban J connectivity index is 0.00000288. The largest absolute Gasteiger partial charge is 0.485 e. The van der Waals surface area contributed by atoms with Crippen molar-refractivity contribution in [3.05, 3.63) is 53.0 Å². The number of hydrogen-bond donors (Lipinski definition) is 1. The van der Waals surface area contributed by atoms with Gasteiger partial charge in [0.15, 0.2) is 5.76 Å². The molecule has 1 amide bonds. The average molecular weight is 353 g/mol. The van der Waals surface area contributed by atoms with E-state index in [2.05, 4.69) is 11.4 Å². The van der Waals surface area contributed by atoms with Crippen molar-refractivity contribution in [2.24, 2.45) is 0 Å². The van der Waals surface area contributed by atoms with Crippen LogP contribution in [0, 0.1) is 13.8 Å². The molecule has 6 heteroatoms. The van der Waals surface area contributed by atoms with E-state index in [9.17, 15) is 4.79 Å². The van der Waals surface area contributed by atoms with Gasteiger partial charge in [-0.2, -0.15) is 0 Å². The first-order valence-corrected chi connectivity index (χ1v) is 7.70. The van der Waals surface area contributed by atoms with Gasteiger partial charge in [-0.1, -0.05) is 17.7 Å². The summed E-state index contributed by atoms with van der Waals surface area (Å²) in [6, 6.07) is 9.51. The minimum atomic E-state index is -0.127. The molecule has 0 unspecified atom stereocenters. The number of halogens is 1. The van der Waals surface area contributed by atoms with E-state index in [-0.39, 0.29) is 18.3 Å². The highest BCUT2D eigenvalue weighted by Gasteiger charge is 2.15. The van der Waals surface area contributed by atoms with Gasteiger partial charge in [0.1, 0.15) is 18.1 Å². The molecule has 2 aromatic rings. The maximum Gasteiger partial charge on any atom is 0.289 e. The van der Waals surface area contributed by atoms with Crippen LogP contribution in [-0.4, -0.2) is 38.0 Å². The van der Waals surface area contributed by atoms with Crippen LogP contribution < -0.4 is 10.1 Å². The molecule has 0 aliphatic heterocycles. The van der Waals surface area contributed by atoms with Crippen molar-refractivity contribution in [2.45, 2.75) is 20.5 Å². The van der Waals surface area contributed by atoms with Crippen LogP contribution >= 0.6 is 12.4 Å². The number of carbonyl (C=O) groups is 1. The average Bonchev–Trinajstić information content (AvgIpc) is 3.00. The molecule has 1 heterocycles. The van der Waals surface area contributed by atoms with E-state index in [4.69, 9.17) is 9.15 Å². The lowest BCUT2D eigenvalue weighted by molar-refractivity contribution is 0.0761. The second-order valence-electron chi connectivity index (χ2n) is 5.65. The molecule has 2 rings (SSSR count). The number of ether oxygens (including phenoxy) is 1. The van der Waals surface area contributed by atoms with Crippen LogP contribution in [0.25, 0.3) is 0 Å². The van der Waals surface area contributed by atoms with Gasteiger partial charge in [0.05, 0.1) is 0 Å². The number of rotatable bonds is 7. The van der Waals surface area contributed by atoms with Crippen molar-refractivity contribution in [3.63, 3.8) is 0 Å². The van der Waals surface area contributed by atoms with Crippen molar-refractivity contribution < 1.29 is 13.9 Å². The summed E-state index contributed by atoms with van der Waals surface area (Å²) < 4.78 is 11.4. The molecule has 0 radical (unpaired) electrons. The molecule has 1 aromatic carbocycles. The van der Waals surface area contributed by atoms with Gasteiger partial charge in [0.25, 0.3) is 5.91 Å². The molecule has 1 aromatic heterocycles. The SMILES string of the molecule is CNCCN(C)C(=O)c1ccc(COc2ccc(C)cc2C)o1.Cl. The minimum Gasteiger partial charge on any atom is -0.485 e. The van der Waals surface area contributed by atoms with Gasteiger partial charge in [-0.05, 0) is 44.7 Å². The number of likely N-dealkylation sites (N-methyl/N-ethyl adjacent to an activating group) is 2. The van der Waals surface area contributed by atoms with Gasteiger partial charge >= 0.3 is 0 Å². The van der Waals surface area contributed by atoms with Crippen molar-refractivity contribution in [1.29, 1.82) is 0 Å². The highest BCUT2D eigenvalue weighted by molar-refractivity contribution is 5.91. The molecule has 0 aliphatic rings. The smallest absolute Gasteiger partial charge is 0.289 e. The molecule has 0 aliphatic carbocycles. The lowest BCUT2D eigenvalue weighted by atomic mass is 10.1. The topological polar surface area (TPSA) is 54.7 Å². The molecule has 0 fully saturated rings. The Kier molecular flexibility index (Phi) is 7.82. The van der Waals surface area contributed by atoms with Crippen LogP contribution in [-0.2, 0) is 6.61 Å². The van der Waals surface area contributed by atoms with Gasteiger partial charge in [-0.25, -0.2) is 0 Å². The van der Waals surface area contributed by atoms with Gasteiger partial charge in [0, 0.05) is 20.1 Å². The summed E-state index contributed by atoms with van der Waals surface area (Å²) in [6.45, 7) is 5.73. The normalized spacial score (nSPS) is 10.2. The first-order chi connectivity index (χ1) is 11.0. The Morgan fingerprint density at radius 3 is 2.67 bits per heavy atom. The summed E-state index contributed by atoms with van der Waals surface area (Å²) in [4.78, 5) is 13.8. The fraction of sp³-hybridized carbons (Fsp3) is 0.389. The monoisotopic (exact) mass is 352 g/mol. The molecule has 0 atom stereocenters. The number of aryl methyl sites for hydroxylation is 2. The molecule has 0 spiro atoms. The summed E-state index contributed by atoms with van der Waals surface area (Å²) in [5, 5.41) is 3.01. The fourth-order valence-electron chi connectivity index (χ4n) is 2.25. The van der Waals surface area contributed by atoms with Crippen LogP contribution in [0.5, 0.6) is 5.75 Å². The fourth-order valence-corrected chi connectivity index (χ4v) is 2.25. The third kappa shape index (κ3) is 5.28. The van der Waals surface area contributed by atoms with Crippen molar-refractivity contribution in [1.82, 2.24) is 10.2 Å². The van der Waals surface area contributed by atoms with Crippen LogP contribution in [0.4, 0.5) is 0 Å². The molecule has 0 bridgehead atoms. The maximum atomic E-state index is 12.2. The quantitative estimate of drug-likeness (QED) is 0.831. The molecular weight excluding hydrogens is 328 g/mol. The lowest BCUT2D eigenvalue weighted by Crippen LogP contribution is -2.32.